The van der Waals surface area contributed by atoms with Crippen molar-refractivity contribution in [2.24, 2.45) is 28.3 Å². The summed E-state index contributed by atoms with van der Waals surface area (Å²) in [6.07, 6.45) is 12.2. The standard InChI is InChI=1S/C47H64F2N10O3/c1-28(60)58-15-11-38(37(26-58)41(50)59-12-7-8-29-16-35(31-24-53-56(6)25-31)36(40(48)49)17-39(29)59)54-32-9-13-57(14-10-32)33-18-47(19-33)20-34(21-47)62-44-51-22-30(23-52-44)42(61)55-43-45(2,3)27-46(43,4)5/h16-17,22,24-25,32-34,40,43,50,54H,7-15,18-21,23,26-27H2,1-6H3,(H,51,52)(H,55,61). The van der Waals surface area contributed by atoms with Crippen molar-refractivity contribution in [3.05, 3.63) is 58.7 Å². The number of fused-ring (bicyclic) bond motifs is 1. The number of amidine groups is 2. The second kappa shape index (κ2) is 16.1. The van der Waals surface area contributed by atoms with Gasteiger partial charge < -0.3 is 35.4 Å². The molecule has 3 aliphatic carbocycles. The second-order valence-electron chi connectivity index (χ2n) is 20.7. The first kappa shape index (κ1) is 42.5. The van der Waals surface area contributed by atoms with Gasteiger partial charge in [-0.15, -0.1) is 0 Å². The highest BCUT2D eigenvalue weighted by atomic mass is 19.3. The van der Waals surface area contributed by atoms with Crippen LogP contribution in [0.5, 0.6) is 0 Å². The van der Waals surface area contributed by atoms with E-state index in [0.717, 1.165) is 74.9 Å². The fourth-order valence-electron chi connectivity index (χ4n) is 12.3. The van der Waals surface area contributed by atoms with E-state index in [4.69, 9.17) is 4.74 Å². The monoisotopic (exact) mass is 855 g/mol. The van der Waals surface area contributed by atoms with E-state index in [1.54, 1.807) is 48.2 Å². The third kappa shape index (κ3) is 8.14. The molecule has 15 heteroatoms. The van der Waals surface area contributed by atoms with Gasteiger partial charge in [0, 0.05) is 105 Å². The molecular formula is C47H64F2N10O3. The summed E-state index contributed by atoms with van der Waals surface area (Å²) in [6, 6.07) is 4.90. The van der Waals surface area contributed by atoms with E-state index in [1.165, 1.54) is 12.8 Å². The van der Waals surface area contributed by atoms with E-state index < -0.39 is 6.43 Å². The van der Waals surface area contributed by atoms with Crippen molar-refractivity contribution in [1.82, 2.24) is 35.5 Å². The summed E-state index contributed by atoms with van der Waals surface area (Å²) in [6.45, 7) is 14.2. The second-order valence-corrected chi connectivity index (χ2v) is 20.7. The lowest BCUT2D eigenvalue weighted by molar-refractivity contribution is -0.128. The molecule has 5 heterocycles. The number of aliphatic imine (C=N–C) groups is 1. The largest absolute Gasteiger partial charge is 0.462 e. The molecule has 2 amide bonds. The number of benzene rings is 1. The summed E-state index contributed by atoms with van der Waals surface area (Å²) in [5.41, 5.74) is 5.57. The Balaban J connectivity index is 0.771. The number of nitrogens with zero attached hydrogens (tertiary/aromatic N) is 6. The highest BCUT2D eigenvalue weighted by Crippen LogP contribution is 2.58. The number of carbonyl (C=O) groups excluding carboxylic acids is 2. The van der Waals surface area contributed by atoms with Crippen LogP contribution in [0.3, 0.4) is 0 Å². The first-order chi connectivity index (χ1) is 29.5. The predicted octanol–water partition coefficient (Wildman–Crippen LogP) is 6.43. The molecule has 1 saturated heterocycles. The van der Waals surface area contributed by atoms with Gasteiger partial charge in [0.05, 0.1) is 24.9 Å². The van der Waals surface area contributed by atoms with E-state index in [1.807, 2.05) is 11.0 Å². The van der Waals surface area contributed by atoms with Crippen molar-refractivity contribution in [2.75, 3.05) is 44.2 Å². The van der Waals surface area contributed by atoms with Crippen LogP contribution in [-0.4, -0.2) is 107 Å². The minimum atomic E-state index is -2.68. The summed E-state index contributed by atoms with van der Waals surface area (Å²) in [7, 11) is 1.77. The van der Waals surface area contributed by atoms with E-state index in [2.05, 4.69) is 58.6 Å². The Hall–Kier alpha value is -4.79. The number of ether oxygens (including phenoxy) is 1. The molecule has 0 atom stereocenters. The number of amides is 2. The Morgan fingerprint density at radius 1 is 1.02 bits per heavy atom. The smallest absolute Gasteiger partial charge is 0.289 e. The Morgan fingerprint density at radius 2 is 1.76 bits per heavy atom. The average molecular weight is 855 g/mol. The molecule has 0 bridgehead atoms. The van der Waals surface area contributed by atoms with E-state index in [0.29, 0.717) is 72.5 Å². The number of piperidine rings is 1. The fourth-order valence-corrected chi connectivity index (χ4v) is 12.3. The summed E-state index contributed by atoms with van der Waals surface area (Å²) >= 11 is 0. The number of alkyl halides is 2. The van der Waals surface area contributed by atoms with Gasteiger partial charge in [-0.3, -0.25) is 19.7 Å². The summed E-state index contributed by atoms with van der Waals surface area (Å²) in [5.74, 6) is 0.187. The number of likely N-dealkylation sites (tertiary alicyclic amines) is 1. The van der Waals surface area contributed by atoms with E-state index in [9.17, 15) is 23.8 Å². The molecule has 9 rings (SSSR count). The molecule has 0 radical (unpaired) electrons. The molecule has 2 aromatic rings. The number of aryl methyl sites for hydroxylation is 2. The van der Waals surface area contributed by atoms with Crippen molar-refractivity contribution in [2.45, 2.75) is 129 Å². The zero-order valence-corrected chi connectivity index (χ0v) is 37.3. The Bertz CT molecular complexity index is 2190. The van der Waals surface area contributed by atoms with Crippen LogP contribution in [0.1, 0.15) is 110 Å². The van der Waals surface area contributed by atoms with Crippen LogP contribution < -0.4 is 20.9 Å². The Kier molecular flexibility index (Phi) is 11.0. The molecule has 4 N–H and O–H groups in total. The number of carbonyl (C=O) groups is 2. The normalized spacial score (nSPS) is 27.3. The molecule has 4 aliphatic heterocycles. The number of hydrogen-bond acceptors (Lipinski definition) is 9. The van der Waals surface area contributed by atoms with Crippen LogP contribution in [0.25, 0.3) is 11.1 Å². The molecule has 3 saturated carbocycles. The lowest BCUT2D eigenvalue weighted by Crippen LogP contribution is -2.63. The van der Waals surface area contributed by atoms with Crippen molar-refractivity contribution in [3.8, 4) is 11.1 Å². The van der Waals surface area contributed by atoms with Crippen LogP contribution in [0, 0.1) is 21.7 Å². The molecule has 334 valence electrons. The van der Waals surface area contributed by atoms with Gasteiger partial charge in [-0.1, -0.05) is 27.7 Å². The number of aromatic nitrogens is 2. The van der Waals surface area contributed by atoms with Gasteiger partial charge in [0.15, 0.2) is 0 Å². The molecule has 4 fully saturated rings. The molecule has 1 spiro atoms. The fraction of sp³-hybridized carbons (Fsp3) is 0.638. The zero-order chi connectivity index (χ0) is 43.7. The highest BCUT2D eigenvalue weighted by molar-refractivity contribution is 6.09. The van der Waals surface area contributed by atoms with E-state index >= 15 is 0 Å². The molecule has 13 nitrogen and oxygen atoms in total. The van der Waals surface area contributed by atoms with E-state index in [-0.39, 0.29) is 52.2 Å². The SMILES string of the molecule is CC(=O)N1CCC(NC2CCN(C3CC4(CC(OC5=NCC(C(=O)NC6C(C)(C)CC6(C)C)=CN5)C4)C3)CC2)=C(C(=N)N2CCCc3cc(-c4cnn(C)c4)c(C(F)F)cc32)C1. The van der Waals surface area contributed by atoms with Gasteiger partial charge in [-0.2, -0.15) is 5.10 Å². The van der Waals surface area contributed by atoms with Crippen LogP contribution >= 0.6 is 0 Å². The maximum atomic E-state index is 14.6. The van der Waals surface area contributed by atoms with Gasteiger partial charge in [0.1, 0.15) is 11.9 Å². The number of anilines is 1. The van der Waals surface area contributed by atoms with Crippen LogP contribution in [0.15, 0.2) is 52.6 Å². The first-order valence-electron chi connectivity index (χ1n) is 22.7. The Morgan fingerprint density at radius 3 is 2.39 bits per heavy atom. The van der Waals surface area contributed by atoms with Crippen molar-refractivity contribution < 1.29 is 23.1 Å². The van der Waals surface area contributed by atoms with Crippen molar-refractivity contribution in [1.29, 1.82) is 5.41 Å². The average Bonchev–Trinajstić information content (AvgIpc) is 3.65. The quantitative estimate of drug-likeness (QED) is 0.167. The molecule has 1 aromatic heterocycles. The van der Waals surface area contributed by atoms with Crippen LogP contribution in [0.4, 0.5) is 14.5 Å². The van der Waals surface area contributed by atoms with Crippen LogP contribution in [-0.2, 0) is 27.8 Å². The molecule has 62 heavy (non-hydrogen) atoms. The first-order valence-corrected chi connectivity index (χ1v) is 22.7. The topological polar surface area (TPSA) is 143 Å². The van der Waals surface area contributed by atoms with Crippen molar-refractivity contribution >= 4 is 29.4 Å². The molecule has 1 aromatic carbocycles. The zero-order valence-electron chi connectivity index (χ0n) is 37.3. The lowest BCUT2D eigenvalue weighted by Gasteiger charge is -2.60. The van der Waals surface area contributed by atoms with Crippen molar-refractivity contribution in [3.63, 3.8) is 0 Å². The van der Waals surface area contributed by atoms with Gasteiger partial charge in [-0.05, 0) is 97.3 Å². The molecule has 7 aliphatic rings. The maximum absolute atomic E-state index is 14.6. The van der Waals surface area contributed by atoms with Gasteiger partial charge in [0.2, 0.25) is 5.91 Å². The summed E-state index contributed by atoms with van der Waals surface area (Å²) in [5, 5.41) is 24.0. The molecule has 0 unspecified atom stereocenters. The minimum Gasteiger partial charge on any atom is -0.462 e. The highest BCUT2D eigenvalue weighted by Gasteiger charge is 2.56. The summed E-state index contributed by atoms with van der Waals surface area (Å²) in [4.78, 5) is 36.5. The minimum absolute atomic E-state index is 0.0330. The number of halogens is 2. The predicted molar refractivity (Wildman–Crippen MR) is 236 cm³/mol. The van der Waals surface area contributed by atoms with Crippen LogP contribution in [0.2, 0.25) is 0 Å². The third-order valence-electron chi connectivity index (χ3n) is 15.1. The molecular weight excluding hydrogens is 791 g/mol. The number of hydrogen-bond donors (Lipinski definition) is 4. The number of nitrogens with one attached hydrogen (secondary N) is 4. The summed E-state index contributed by atoms with van der Waals surface area (Å²) < 4.78 is 37.0. The van der Waals surface area contributed by atoms with Gasteiger partial charge in [-0.25, -0.2) is 13.8 Å². The Labute approximate surface area is 364 Å². The number of rotatable bonds is 9. The van der Waals surface area contributed by atoms with Gasteiger partial charge in [0.25, 0.3) is 18.4 Å². The maximum Gasteiger partial charge on any atom is 0.289 e. The third-order valence-corrected chi connectivity index (χ3v) is 15.1. The van der Waals surface area contributed by atoms with Gasteiger partial charge >= 0.3 is 0 Å². The lowest BCUT2D eigenvalue weighted by atomic mass is 9.52.